The van der Waals surface area contributed by atoms with Crippen molar-refractivity contribution in [3.63, 3.8) is 0 Å². The Balaban J connectivity index is 2.09. The molecule has 0 saturated carbocycles. The van der Waals surface area contributed by atoms with Crippen molar-refractivity contribution < 1.29 is 0 Å². The summed E-state index contributed by atoms with van der Waals surface area (Å²) in [7, 11) is 0. The summed E-state index contributed by atoms with van der Waals surface area (Å²) in [4.78, 5) is 8.64. The molecule has 7 heteroatoms. The molecule has 0 spiro atoms. The van der Waals surface area contributed by atoms with Gasteiger partial charge in [-0.05, 0) is 24.6 Å². The second-order valence-electron chi connectivity index (χ2n) is 4.54. The van der Waals surface area contributed by atoms with Crippen LogP contribution in [0.1, 0.15) is 11.1 Å². The Morgan fingerprint density at radius 3 is 3.00 bits per heavy atom. The maximum absolute atomic E-state index is 9.00. The van der Waals surface area contributed by atoms with Gasteiger partial charge in [-0.25, -0.2) is 15.8 Å². The number of rotatable bonds is 3. The maximum Gasteiger partial charge on any atom is 0.180 e. The summed E-state index contributed by atoms with van der Waals surface area (Å²) in [6.45, 7) is 1.96. The fourth-order valence-electron chi connectivity index (χ4n) is 2.04. The van der Waals surface area contributed by atoms with Crippen molar-refractivity contribution >= 4 is 23.0 Å². The van der Waals surface area contributed by atoms with Gasteiger partial charge in [0.25, 0.3) is 0 Å². The number of nitrogen functional groups attached to an aromatic ring is 1. The van der Waals surface area contributed by atoms with E-state index in [0.717, 1.165) is 11.3 Å². The second-order valence-corrected chi connectivity index (χ2v) is 4.54. The summed E-state index contributed by atoms with van der Waals surface area (Å²) >= 11 is 0. The standard InChI is InChI=1S/C14H13N7/c1-9-2-3-10(7-15)6-11(9)18-13-14-17-4-5-21(14)8-12(19-13)20-16/h2-6,8,20H,16H2,1H3,(H,18,19). The first kappa shape index (κ1) is 12.9. The van der Waals surface area contributed by atoms with Gasteiger partial charge in [-0.3, -0.25) is 0 Å². The minimum Gasteiger partial charge on any atom is -0.337 e. The number of nitrogens with two attached hydrogens (primary N) is 1. The quantitative estimate of drug-likeness (QED) is 0.500. The Kier molecular flexibility index (Phi) is 3.14. The van der Waals surface area contributed by atoms with Gasteiger partial charge in [0.1, 0.15) is 0 Å². The molecule has 2 heterocycles. The monoisotopic (exact) mass is 279 g/mol. The predicted octanol–water partition coefficient (Wildman–Crippen LogP) is 1.94. The number of imidazole rings is 1. The number of hydrogen-bond acceptors (Lipinski definition) is 6. The van der Waals surface area contributed by atoms with Crippen LogP contribution in [-0.2, 0) is 0 Å². The molecule has 0 atom stereocenters. The third-order valence-corrected chi connectivity index (χ3v) is 3.14. The summed E-state index contributed by atoms with van der Waals surface area (Å²) in [5, 5.41) is 12.2. The molecule has 0 bridgehead atoms. The molecule has 0 aliphatic carbocycles. The number of nitrogens with one attached hydrogen (secondary N) is 2. The van der Waals surface area contributed by atoms with E-state index in [-0.39, 0.29) is 0 Å². The van der Waals surface area contributed by atoms with Gasteiger partial charge < -0.3 is 15.1 Å². The topological polar surface area (TPSA) is 104 Å². The van der Waals surface area contributed by atoms with E-state index in [1.165, 1.54) is 0 Å². The Hall–Kier alpha value is -3.11. The molecular formula is C14H13N7. The first-order valence-corrected chi connectivity index (χ1v) is 6.29. The molecule has 21 heavy (non-hydrogen) atoms. The predicted molar refractivity (Wildman–Crippen MR) is 80.0 cm³/mol. The van der Waals surface area contributed by atoms with E-state index in [4.69, 9.17) is 11.1 Å². The number of hydrogen-bond donors (Lipinski definition) is 3. The van der Waals surface area contributed by atoms with E-state index in [1.54, 1.807) is 24.5 Å². The highest BCUT2D eigenvalue weighted by molar-refractivity contribution is 5.73. The van der Waals surface area contributed by atoms with Gasteiger partial charge in [0, 0.05) is 18.1 Å². The van der Waals surface area contributed by atoms with E-state index in [1.807, 2.05) is 23.6 Å². The van der Waals surface area contributed by atoms with Crippen LogP contribution in [-0.4, -0.2) is 14.4 Å². The summed E-state index contributed by atoms with van der Waals surface area (Å²) in [5.74, 6) is 6.51. The molecule has 3 rings (SSSR count). The lowest BCUT2D eigenvalue weighted by molar-refractivity contribution is 1.11. The molecule has 0 unspecified atom stereocenters. The van der Waals surface area contributed by atoms with Crippen LogP contribution in [0, 0.1) is 18.3 Å². The number of aromatic nitrogens is 3. The lowest BCUT2D eigenvalue weighted by atomic mass is 10.1. The number of anilines is 3. The van der Waals surface area contributed by atoms with Gasteiger partial charge in [0.05, 0.1) is 17.8 Å². The van der Waals surface area contributed by atoms with Crippen molar-refractivity contribution in [3.8, 4) is 6.07 Å². The molecule has 4 N–H and O–H groups in total. The van der Waals surface area contributed by atoms with Crippen molar-refractivity contribution in [1.29, 1.82) is 5.26 Å². The normalized spacial score (nSPS) is 10.3. The molecule has 1 aromatic carbocycles. The minimum atomic E-state index is 0.511. The highest BCUT2D eigenvalue weighted by Crippen LogP contribution is 2.24. The highest BCUT2D eigenvalue weighted by Gasteiger charge is 2.09. The molecule has 0 amide bonds. The van der Waals surface area contributed by atoms with E-state index >= 15 is 0 Å². The first-order valence-electron chi connectivity index (χ1n) is 6.29. The van der Waals surface area contributed by atoms with Crippen LogP contribution in [0.25, 0.3) is 5.65 Å². The van der Waals surface area contributed by atoms with Crippen LogP contribution in [0.3, 0.4) is 0 Å². The molecule has 0 aliphatic rings. The average molecular weight is 279 g/mol. The molecule has 0 saturated heterocycles. The fourth-order valence-corrected chi connectivity index (χ4v) is 2.04. The zero-order valence-corrected chi connectivity index (χ0v) is 11.3. The number of aryl methyl sites for hydroxylation is 1. The largest absolute Gasteiger partial charge is 0.337 e. The molecule has 0 fully saturated rings. The molecule has 104 valence electrons. The van der Waals surface area contributed by atoms with Crippen LogP contribution in [0.15, 0.2) is 36.8 Å². The first-order chi connectivity index (χ1) is 10.2. The van der Waals surface area contributed by atoms with Crippen molar-refractivity contribution in [2.24, 2.45) is 5.84 Å². The van der Waals surface area contributed by atoms with Crippen LogP contribution in [0.5, 0.6) is 0 Å². The lowest BCUT2D eigenvalue weighted by Crippen LogP contribution is -2.11. The molecule has 0 radical (unpaired) electrons. The Labute approximate surface area is 121 Å². The van der Waals surface area contributed by atoms with Crippen molar-refractivity contribution in [2.75, 3.05) is 10.7 Å². The number of nitrogens with zero attached hydrogens (tertiary/aromatic N) is 4. The molecular weight excluding hydrogens is 266 g/mol. The van der Waals surface area contributed by atoms with Crippen molar-refractivity contribution in [2.45, 2.75) is 6.92 Å². The molecule has 0 aliphatic heterocycles. The number of benzene rings is 1. The number of fused-ring (bicyclic) bond motifs is 1. The third kappa shape index (κ3) is 2.35. The fraction of sp³-hybridized carbons (Fsp3) is 0.0714. The molecule has 7 nitrogen and oxygen atoms in total. The third-order valence-electron chi connectivity index (χ3n) is 3.14. The summed E-state index contributed by atoms with van der Waals surface area (Å²) in [6, 6.07) is 7.56. The van der Waals surface area contributed by atoms with E-state index < -0.39 is 0 Å². The zero-order chi connectivity index (χ0) is 14.8. The highest BCUT2D eigenvalue weighted by atomic mass is 15.3. The van der Waals surface area contributed by atoms with Gasteiger partial charge in [-0.1, -0.05) is 6.07 Å². The van der Waals surface area contributed by atoms with Crippen LogP contribution < -0.4 is 16.6 Å². The smallest absolute Gasteiger partial charge is 0.180 e. The van der Waals surface area contributed by atoms with E-state index in [2.05, 4.69) is 26.8 Å². The van der Waals surface area contributed by atoms with E-state index in [0.29, 0.717) is 22.8 Å². The Bertz CT molecular complexity index is 844. The summed E-state index contributed by atoms with van der Waals surface area (Å²) < 4.78 is 1.81. The van der Waals surface area contributed by atoms with Gasteiger partial charge in [0.15, 0.2) is 17.3 Å². The van der Waals surface area contributed by atoms with Crippen LogP contribution >= 0.6 is 0 Å². The maximum atomic E-state index is 9.00. The number of hydrazine groups is 1. The average Bonchev–Trinajstić information content (AvgIpc) is 2.98. The van der Waals surface area contributed by atoms with Gasteiger partial charge in [-0.2, -0.15) is 5.26 Å². The van der Waals surface area contributed by atoms with Crippen molar-refractivity contribution in [3.05, 3.63) is 47.9 Å². The van der Waals surface area contributed by atoms with E-state index in [9.17, 15) is 0 Å². The summed E-state index contributed by atoms with van der Waals surface area (Å²) in [6.07, 6.45) is 5.23. The second kappa shape index (κ2) is 5.11. The van der Waals surface area contributed by atoms with Crippen LogP contribution in [0.4, 0.5) is 17.3 Å². The number of nitriles is 1. The minimum absolute atomic E-state index is 0.511. The molecule has 2 aromatic heterocycles. The molecule has 3 aromatic rings. The van der Waals surface area contributed by atoms with Gasteiger partial charge in [-0.15, -0.1) is 0 Å². The van der Waals surface area contributed by atoms with Crippen molar-refractivity contribution in [1.82, 2.24) is 14.4 Å². The lowest BCUT2D eigenvalue weighted by Gasteiger charge is -2.11. The Morgan fingerprint density at radius 2 is 2.24 bits per heavy atom. The Morgan fingerprint density at radius 1 is 1.38 bits per heavy atom. The SMILES string of the molecule is Cc1ccc(C#N)cc1Nc1nc(NN)cn2ccnc12. The van der Waals surface area contributed by atoms with Crippen LogP contribution in [0.2, 0.25) is 0 Å². The van der Waals surface area contributed by atoms with Gasteiger partial charge in [0.2, 0.25) is 0 Å². The van der Waals surface area contributed by atoms with Gasteiger partial charge >= 0.3 is 0 Å². The summed E-state index contributed by atoms with van der Waals surface area (Å²) in [5.41, 5.74) is 5.59. The zero-order valence-electron chi connectivity index (χ0n) is 11.3.